The van der Waals surface area contributed by atoms with Crippen LogP contribution < -0.4 is 5.73 Å². The summed E-state index contributed by atoms with van der Waals surface area (Å²) in [6.07, 6.45) is 0. The normalized spacial score (nSPS) is 11.5. The van der Waals surface area contributed by atoms with Crippen LogP contribution in [0.1, 0.15) is 12.5 Å². The lowest BCUT2D eigenvalue weighted by atomic mass is 9.96. The summed E-state index contributed by atoms with van der Waals surface area (Å²) in [7, 11) is 0. The first-order valence-electron chi connectivity index (χ1n) is 3.30. The van der Waals surface area contributed by atoms with E-state index in [1.165, 1.54) is 0 Å². The largest absolute Gasteiger partial charge is 0.322 e. The second kappa shape index (κ2) is 2.43. The summed E-state index contributed by atoms with van der Waals surface area (Å²) in [5, 5.41) is 0. The Morgan fingerprint density at radius 2 is 1.80 bits per heavy atom. The van der Waals surface area contributed by atoms with E-state index in [0.717, 1.165) is 5.56 Å². The second-order valence-electron chi connectivity index (χ2n) is 2.78. The van der Waals surface area contributed by atoms with Crippen molar-refractivity contribution in [2.45, 2.75) is 12.5 Å². The van der Waals surface area contributed by atoms with Crippen molar-refractivity contribution in [3.63, 3.8) is 0 Å². The van der Waals surface area contributed by atoms with Gasteiger partial charge in [0.15, 0.2) is 0 Å². The van der Waals surface area contributed by atoms with Crippen LogP contribution in [0.15, 0.2) is 30.3 Å². The third kappa shape index (κ3) is 1.58. The molecule has 0 bridgehead atoms. The van der Waals surface area contributed by atoms with Gasteiger partial charge in [0, 0.05) is 5.54 Å². The van der Waals surface area contributed by atoms with Gasteiger partial charge < -0.3 is 5.73 Å². The molecule has 2 N–H and O–H groups in total. The Morgan fingerprint density at radius 3 is 2.10 bits per heavy atom. The van der Waals surface area contributed by atoms with Crippen molar-refractivity contribution in [3.05, 3.63) is 42.8 Å². The van der Waals surface area contributed by atoms with E-state index in [9.17, 15) is 0 Å². The molecule has 53 valence electrons. The quantitative estimate of drug-likeness (QED) is 0.621. The fourth-order valence-corrected chi connectivity index (χ4v) is 0.819. The van der Waals surface area contributed by atoms with E-state index in [4.69, 9.17) is 5.73 Å². The Labute approximate surface area is 61.9 Å². The average molecular weight is 134 g/mol. The standard InChI is InChI=1S/C9H12N/c1-9(2,10)8-6-4-3-5-7-8/h3-7H,1,10H2,2H3. The van der Waals surface area contributed by atoms with Crippen molar-refractivity contribution in [2.24, 2.45) is 5.73 Å². The SMILES string of the molecule is [CH2]C(C)(N)c1ccccc1. The van der Waals surface area contributed by atoms with Gasteiger partial charge in [0.2, 0.25) is 0 Å². The molecule has 1 heteroatoms. The lowest BCUT2D eigenvalue weighted by molar-refractivity contribution is 0.625. The van der Waals surface area contributed by atoms with Gasteiger partial charge in [-0.05, 0) is 19.4 Å². The zero-order chi connectivity index (χ0) is 7.61. The van der Waals surface area contributed by atoms with Gasteiger partial charge in [-0.25, -0.2) is 0 Å². The van der Waals surface area contributed by atoms with Gasteiger partial charge in [-0.15, -0.1) is 0 Å². The van der Waals surface area contributed by atoms with Crippen molar-refractivity contribution in [3.8, 4) is 0 Å². The van der Waals surface area contributed by atoms with Gasteiger partial charge in [0.1, 0.15) is 0 Å². The molecule has 1 unspecified atom stereocenters. The molecule has 0 amide bonds. The molecule has 0 aliphatic carbocycles. The molecule has 0 spiro atoms. The van der Waals surface area contributed by atoms with Crippen molar-refractivity contribution < 1.29 is 0 Å². The number of hydrogen-bond acceptors (Lipinski definition) is 1. The highest BCUT2D eigenvalue weighted by Crippen LogP contribution is 2.14. The average Bonchev–Trinajstić information content (AvgIpc) is 1.88. The molecule has 0 aromatic heterocycles. The Morgan fingerprint density at radius 1 is 1.30 bits per heavy atom. The number of rotatable bonds is 1. The predicted octanol–water partition coefficient (Wildman–Crippen LogP) is 1.69. The molecule has 1 aromatic rings. The summed E-state index contributed by atoms with van der Waals surface area (Å²) < 4.78 is 0. The van der Waals surface area contributed by atoms with Crippen LogP contribution in [-0.4, -0.2) is 0 Å². The predicted molar refractivity (Wildman–Crippen MR) is 43.3 cm³/mol. The highest BCUT2D eigenvalue weighted by molar-refractivity contribution is 5.23. The molecule has 0 aliphatic heterocycles. The maximum absolute atomic E-state index is 5.75. The third-order valence-corrected chi connectivity index (χ3v) is 1.43. The fraction of sp³-hybridized carbons (Fsp3) is 0.222. The molecule has 0 fully saturated rings. The summed E-state index contributed by atoms with van der Waals surface area (Å²) >= 11 is 0. The van der Waals surface area contributed by atoms with E-state index in [0.29, 0.717) is 0 Å². The van der Waals surface area contributed by atoms with Crippen molar-refractivity contribution in [2.75, 3.05) is 0 Å². The fourth-order valence-electron chi connectivity index (χ4n) is 0.819. The smallest absolute Gasteiger partial charge is 0.0381 e. The Hall–Kier alpha value is -0.820. The van der Waals surface area contributed by atoms with Crippen LogP contribution in [0, 0.1) is 6.92 Å². The minimum Gasteiger partial charge on any atom is -0.322 e. The molecular weight excluding hydrogens is 122 g/mol. The van der Waals surface area contributed by atoms with E-state index in [1.54, 1.807) is 0 Å². The van der Waals surface area contributed by atoms with E-state index < -0.39 is 5.54 Å². The highest BCUT2D eigenvalue weighted by Gasteiger charge is 2.11. The monoisotopic (exact) mass is 134 g/mol. The van der Waals surface area contributed by atoms with E-state index in [2.05, 4.69) is 6.92 Å². The van der Waals surface area contributed by atoms with Crippen LogP contribution in [0.25, 0.3) is 0 Å². The molecule has 1 radical (unpaired) electrons. The third-order valence-electron chi connectivity index (χ3n) is 1.43. The number of hydrogen-bond donors (Lipinski definition) is 1. The van der Waals surface area contributed by atoms with Crippen molar-refractivity contribution >= 4 is 0 Å². The summed E-state index contributed by atoms with van der Waals surface area (Å²) in [6, 6.07) is 9.85. The number of nitrogens with two attached hydrogens (primary N) is 1. The van der Waals surface area contributed by atoms with E-state index in [1.807, 2.05) is 37.3 Å². The first-order valence-corrected chi connectivity index (χ1v) is 3.30. The topological polar surface area (TPSA) is 26.0 Å². The first kappa shape index (κ1) is 7.29. The zero-order valence-electron chi connectivity index (χ0n) is 6.17. The van der Waals surface area contributed by atoms with Crippen molar-refractivity contribution in [1.29, 1.82) is 0 Å². The number of benzene rings is 1. The molecule has 1 atom stereocenters. The molecule has 0 aliphatic rings. The maximum atomic E-state index is 5.75. The summed E-state index contributed by atoms with van der Waals surface area (Å²) in [6.45, 7) is 5.71. The highest BCUT2D eigenvalue weighted by atomic mass is 14.7. The molecular formula is C9H12N. The maximum Gasteiger partial charge on any atom is 0.0381 e. The second-order valence-corrected chi connectivity index (χ2v) is 2.78. The van der Waals surface area contributed by atoms with Gasteiger partial charge in [0.05, 0.1) is 0 Å². The molecule has 0 saturated heterocycles. The Kier molecular flexibility index (Phi) is 1.77. The minimum absolute atomic E-state index is 0.457. The van der Waals surface area contributed by atoms with Gasteiger partial charge in [0.25, 0.3) is 0 Å². The van der Waals surface area contributed by atoms with Gasteiger partial charge in [-0.2, -0.15) is 0 Å². The summed E-state index contributed by atoms with van der Waals surface area (Å²) in [5.74, 6) is 0. The van der Waals surface area contributed by atoms with Crippen molar-refractivity contribution in [1.82, 2.24) is 0 Å². The molecule has 0 heterocycles. The molecule has 0 saturated carbocycles. The van der Waals surface area contributed by atoms with Gasteiger partial charge >= 0.3 is 0 Å². The van der Waals surface area contributed by atoms with Gasteiger partial charge in [-0.3, -0.25) is 0 Å². The molecule has 1 nitrogen and oxygen atoms in total. The summed E-state index contributed by atoms with van der Waals surface area (Å²) in [5.41, 5.74) is 6.35. The van der Waals surface area contributed by atoms with Crippen LogP contribution in [0.5, 0.6) is 0 Å². The lowest BCUT2D eigenvalue weighted by Crippen LogP contribution is -2.28. The zero-order valence-corrected chi connectivity index (χ0v) is 6.17. The first-order chi connectivity index (χ1) is 4.61. The lowest BCUT2D eigenvalue weighted by Gasteiger charge is -2.17. The van der Waals surface area contributed by atoms with Crippen LogP contribution in [-0.2, 0) is 5.54 Å². The molecule has 10 heavy (non-hydrogen) atoms. The minimum atomic E-state index is -0.457. The van der Waals surface area contributed by atoms with E-state index >= 15 is 0 Å². The van der Waals surface area contributed by atoms with E-state index in [-0.39, 0.29) is 0 Å². The van der Waals surface area contributed by atoms with Crippen LogP contribution in [0.3, 0.4) is 0 Å². The van der Waals surface area contributed by atoms with Crippen LogP contribution >= 0.6 is 0 Å². The molecule has 1 rings (SSSR count). The Bertz CT molecular complexity index is 196. The van der Waals surface area contributed by atoms with Crippen LogP contribution in [0.4, 0.5) is 0 Å². The van der Waals surface area contributed by atoms with Crippen LogP contribution in [0.2, 0.25) is 0 Å². The summed E-state index contributed by atoms with van der Waals surface area (Å²) in [4.78, 5) is 0. The Balaban J connectivity index is 2.97. The molecule has 1 aromatic carbocycles. The van der Waals surface area contributed by atoms with Gasteiger partial charge in [-0.1, -0.05) is 30.3 Å².